The van der Waals surface area contributed by atoms with Gasteiger partial charge in [-0.15, -0.1) is 0 Å². The highest BCUT2D eigenvalue weighted by molar-refractivity contribution is 5.87. The van der Waals surface area contributed by atoms with Gasteiger partial charge in [0.2, 0.25) is 5.91 Å². The molecule has 4 nitrogen and oxygen atoms in total. The molecule has 1 amide bonds. The molecule has 74 valence electrons. The number of hydrogen-bond donors (Lipinski definition) is 1. The van der Waals surface area contributed by atoms with Crippen molar-refractivity contribution in [3.63, 3.8) is 0 Å². The minimum atomic E-state index is -0.455. The number of amides is 1. The molecular formula is C9H15NO3. The highest BCUT2D eigenvalue weighted by Crippen LogP contribution is 2.15. The van der Waals surface area contributed by atoms with Crippen LogP contribution in [0, 0.1) is 5.41 Å². The number of carbonyl (C=O) groups is 2. The van der Waals surface area contributed by atoms with Crippen molar-refractivity contribution in [1.82, 2.24) is 5.32 Å². The molecule has 13 heavy (non-hydrogen) atoms. The van der Waals surface area contributed by atoms with Gasteiger partial charge < -0.3 is 10.1 Å². The summed E-state index contributed by atoms with van der Waals surface area (Å²) in [6.45, 7) is 5.84. The molecule has 0 aromatic heterocycles. The van der Waals surface area contributed by atoms with Gasteiger partial charge in [-0.3, -0.25) is 4.79 Å². The lowest BCUT2D eigenvalue weighted by Gasteiger charge is -2.19. The molecule has 0 saturated carbocycles. The second kappa shape index (κ2) is 3.36. The minimum Gasteiger partial charge on any atom is -0.464 e. The van der Waals surface area contributed by atoms with E-state index in [0.717, 1.165) is 0 Å². The number of hydrogen-bond acceptors (Lipinski definition) is 3. The van der Waals surface area contributed by atoms with Crippen molar-refractivity contribution in [3.8, 4) is 0 Å². The summed E-state index contributed by atoms with van der Waals surface area (Å²) in [7, 11) is 0. The highest BCUT2D eigenvalue weighted by Gasteiger charge is 2.31. The van der Waals surface area contributed by atoms with Gasteiger partial charge in [-0.2, -0.15) is 0 Å². The first-order chi connectivity index (χ1) is 5.91. The molecule has 0 radical (unpaired) electrons. The van der Waals surface area contributed by atoms with Gasteiger partial charge in [-0.05, 0) is 0 Å². The maximum absolute atomic E-state index is 11.4. The van der Waals surface area contributed by atoms with Crippen LogP contribution >= 0.6 is 0 Å². The lowest BCUT2D eigenvalue weighted by Crippen LogP contribution is -2.43. The van der Waals surface area contributed by atoms with Crippen LogP contribution in [0.15, 0.2) is 0 Å². The molecule has 0 unspecified atom stereocenters. The second-order valence-electron chi connectivity index (χ2n) is 4.23. The normalized spacial score (nSPS) is 22.7. The van der Waals surface area contributed by atoms with Crippen LogP contribution < -0.4 is 5.32 Å². The van der Waals surface area contributed by atoms with Crippen LogP contribution in [-0.2, 0) is 14.3 Å². The van der Waals surface area contributed by atoms with E-state index in [1.54, 1.807) is 0 Å². The Morgan fingerprint density at radius 2 is 2.15 bits per heavy atom. The summed E-state index contributed by atoms with van der Waals surface area (Å²) in [6.07, 6.45) is 0.584. The number of nitrogens with one attached hydrogen (secondary N) is 1. The van der Waals surface area contributed by atoms with Gasteiger partial charge in [0.05, 0.1) is 6.61 Å². The topological polar surface area (TPSA) is 55.4 Å². The number of rotatable bonds is 1. The summed E-state index contributed by atoms with van der Waals surface area (Å²) >= 11 is 0. The molecule has 1 N–H and O–H groups in total. The van der Waals surface area contributed by atoms with Crippen molar-refractivity contribution < 1.29 is 14.3 Å². The van der Waals surface area contributed by atoms with Crippen molar-refractivity contribution in [2.75, 3.05) is 6.61 Å². The predicted octanol–water partition coefficient (Wildman–Crippen LogP) is 0.464. The standard InChI is InChI=1S/C9H15NO3/c1-9(2,3)8(12)10-6-4-5-13-7(6)11/h6H,4-5H2,1-3H3,(H,10,12)/t6-/m0/s1. The molecule has 1 aliphatic heterocycles. The predicted molar refractivity (Wildman–Crippen MR) is 47.0 cm³/mol. The average molecular weight is 185 g/mol. The Morgan fingerprint density at radius 3 is 2.54 bits per heavy atom. The summed E-state index contributed by atoms with van der Waals surface area (Å²) in [5.41, 5.74) is -0.455. The molecule has 1 heterocycles. The zero-order valence-electron chi connectivity index (χ0n) is 8.22. The van der Waals surface area contributed by atoms with Gasteiger partial charge in [-0.1, -0.05) is 20.8 Å². The van der Waals surface area contributed by atoms with E-state index in [0.29, 0.717) is 13.0 Å². The third kappa shape index (κ3) is 2.44. The molecular weight excluding hydrogens is 170 g/mol. The Morgan fingerprint density at radius 1 is 1.54 bits per heavy atom. The van der Waals surface area contributed by atoms with Crippen molar-refractivity contribution in [2.45, 2.75) is 33.2 Å². The van der Waals surface area contributed by atoms with Gasteiger partial charge in [0.25, 0.3) is 0 Å². The van der Waals surface area contributed by atoms with Crippen molar-refractivity contribution in [1.29, 1.82) is 0 Å². The van der Waals surface area contributed by atoms with Crippen LogP contribution in [0.2, 0.25) is 0 Å². The van der Waals surface area contributed by atoms with Gasteiger partial charge >= 0.3 is 5.97 Å². The minimum absolute atomic E-state index is 0.114. The SMILES string of the molecule is CC(C)(C)C(=O)N[C@H]1CCOC1=O. The highest BCUT2D eigenvalue weighted by atomic mass is 16.5. The van der Waals surface area contributed by atoms with E-state index in [1.165, 1.54) is 0 Å². The fourth-order valence-corrected chi connectivity index (χ4v) is 1.00. The fraction of sp³-hybridized carbons (Fsp3) is 0.778. The summed E-state index contributed by atoms with van der Waals surface area (Å²) < 4.78 is 4.73. The van der Waals surface area contributed by atoms with Crippen LogP contribution in [0.1, 0.15) is 27.2 Å². The van der Waals surface area contributed by atoms with Crippen molar-refractivity contribution in [3.05, 3.63) is 0 Å². The average Bonchev–Trinajstić information content (AvgIpc) is 2.34. The van der Waals surface area contributed by atoms with E-state index in [1.807, 2.05) is 20.8 Å². The Balaban J connectivity index is 2.49. The smallest absolute Gasteiger partial charge is 0.328 e. The molecule has 1 aliphatic rings. The summed E-state index contributed by atoms with van der Waals surface area (Å²) in [5, 5.41) is 2.66. The Bertz CT molecular complexity index is 230. The van der Waals surface area contributed by atoms with Gasteiger partial charge in [0.15, 0.2) is 0 Å². The number of ether oxygens (including phenoxy) is 1. The fourth-order valence-electron chi connectivity index (χ4n) is 1.00. The lowest BCUT2D eigenvalue weighted by atomic mass is 9.95. The second-order valence-corrected chi connectivity index (χ2v) is 4.23. The molecule has 0 aliphatic carbocycles. The Hall–Kier alpha value is -1.06. The number of esters is 1. The molecule has 0 aromatic carbocycles. The summed E-state index contributed by atoms with van der Waals surface area (Å²) in [4.78, 5) is 22.4. The first-order valence-corrected chi connectivity index (χ1v) is 4.39. The number of cyclic esters (lactones) is 1. The molecule has 1 atom stereocenters. The van der Waals surface area contributed by atoms with Crippen molar-refractivity contribution in [2.24, 2.45) is 5.41 Å². The van der Waals surface area contributed by atoms with Crippen LogP contribution in [0.5, 0.6) is 0 Å². The van der Waals surface area contributed by atoms with Crippen LogP contribution in [-0.4, -0.2) is 24.5 Å². The molecule has 4 heteroatoms. The molecule has 1 saturated heterocycles. The summed E-state index contributed by atoms with van der Waals surface area (Å²) in [5.74, 6) is -0.436. The van der Waals surface area contributed by atoms with Crippen LogP contribution in [0.4, 0.5) is 0 Å². The molecule has 0 bridgehead atoms. The van der Waals surface area contributed by atoms with Crippen LogP contribution in [0.3, 0.4) is 0 Å². The third-order valence-electron chi connectivity index (χ3n) is 1.92. The molecule has 0 aromatic rings. The maximum Gasteiger partial charge on any atom is 0.328 e. The van der Waals surface area contributed by atoms with E-state index in [-0.39, 0.29) is 11.9 Å². The first-order valence-electron chi connectivity index (χ1n) is 4.39. The van der Waals surface area contributed by atoms with Crippen LogP contribution in [0.25, 0.3) is 0 Å². The van der Waals surface area contributed by atoms with Gasteiger partial charge in [0, 0.05) is 11.8 Å². The van der Waals surface area contributed by atoms with Gasteiger partial charge in [0.1, 0.15) is 6.04 Å². The Labute approximate surface area is 77.6 Å². The monoisotopic (exact) mass is 185 g/mol. The molecule has 0 spiro atoms. The zero-order valence-corrected chi connectivity index (χ0v) is 8.22. The van der Waals surface area contributed by atoms with E-state index in [2.05, 4.69) is 5.32 Å². The van der Waals surface area contributed by atoms with E-state index >= 15 is 0 Å². The molecule has 1 rings (SSSR count). The third-order valence-corrected chi connectivity index (χ3v) is 1.92. The quantitative estimate of drug-likeness (QED) is 0.604. The zero-order chi connectivity index (χ0) is 10.1. The maximum atomic E-state index is 11.4. The van der Waals surface area contributed by atoms with E-state index < -0.39 is 11.5 Å². The largest absolute Gasteiger partial charge is 0.464 e. The van der Waals surface area contributed by atoms with E-state index in [9.17, 15) is 9.59 Å². The molecule has 1 fully saturated rings. The number of carbonyl (C=O) groups excluding carboxylic acids is 2. The van der Waals surface area contributed by atoms with Crippen molar-refractivity contribution >= 4 is 11.9 Å². The first kappa shape index (κ1) is 10.0. The van der Waals surface area contributed by atoms with Gasteiger partial charge in [-0.25, -0.2) is 4.79 Å². The lowest BCUT2D eigenvalue weighted by molar-refractivity contribution is -0.142. The summed E-state index contributed by atoms with van der Waals surface area (Å²) in [6, 6.07) is -0.438. The Kier molecular flexibility index (Phi) is 2.59. The van der Waals surface area contributed by atoms with E-state index in [4.69, 9.17) is 4.74 Å².